The van der Waals surface area contributed by atoms with E-state index in [1.165, 1.54) is 34.2 Å². The zero-order valence-electron chi connectivity index (χ0n) is 13.6. The first kappa shape index (κ1) is 16.4. The summed E-state index contributed by atoms with van der Waals surface area (Å²) in [4.78, 5) is 14.5. The molecule has 1 aromatic rings. The quantitative estimate of drug-likeness (QED) is 0.789. The third kappa shape index (κ3) is 3.82. The molecule has 1 aliphatic rings. The summed E-state index contributed by atoms with van der Waals surface area (Å²) in [6, 6.07) is 4.00. The number of methoxy groups -OCH3 is 3. The van der Waals surface area contributed by atoms with Crippen molar-refractivity contribution < 1.29 is 19.0 Å². The third-order valence-corrected chi connectivity index (χ3v) is 3.85. The van der Waals surface area contributed by atoms with Crippen molar-refractivity contribution in [1.29, 1.82) is 0 Å². The van der Waals surface area contributed by atoms with Crippen LogP contribution in [0.3, 0.4) is 0 Å². The molecule has 0 saturated heterocycles. The SMILES string of the molecule is COc1cc(C(=O)NCCN(C)C2CC2)cc(OC)c1OC. The van der Waals surface area contributed by atoms with E-state index in [4.69, 9.17) is 14.2 Å². The molecule has 0 unspecified atom stereocenters. The molecule has 0 spiro atoms. The number of carbonyl (C=O) groups is 1. The van der Waals surface area contributed by atoms with Gasteiger partial charge in [-0.1, -0.05) is 0 Å². The number of carbonyl (C=O) groups excluding carboxylic acids is 1. The molecule has 0 bridgehead atoms. The number of rotatable bonds is 8. The number of amides is 1. The monoisotopic (exact) mass is 308 g/mol. The first-order valence-electron chi connectivity index (χ1n) is 7.39. The largest absolute Gasteiger partial charge is 0.493 e. The topological polar surface area (TPSA) is 60.0 Å². The molecule has 6 heteroatoms. The third-order valence-electron chi connectivity index (χ3n) is 3.85. The van der Waals surface area contributed by atoms with Crippen LogP contribution in [0.5, 0.6) is 17.2 Å². The summed E-state index contributed by atoms with van der Waals surface area (Å²) in [7, 11) is 6.68. The van der Waals surface area contributed by atoms with Gasteiger partial charge in [0.25, 0.3) is 5.91 Å². The summed E-state index contributed by atoms with van der Waals surface area (Å²) >= 11 is 0. The Labute approximate surface area is 131 Å². The molecule has 1 N–H and O–H groups in total. The first-order valence-corrected chi connectivity index (χ1v) is 7.39. The zero-order chi connectivity index (χ0) is 16.1. The molecule has 0 radical (unpaired) electrons. The van der Waals surface area contributed by atoms with E-state index in [0.29, 0.717) is 35.4 Å². The lowest BCUT2D eigenvalue weighted by molar-refractivity contribution is 0.0948. The molecule has 122 valence electrons. The maximum absolute atomic E-state index is 12.3. The van der Waals surface area contributed by atoms with Crippen LogP contribution in [0.25, 0.3) is 0 Å². The lowest BCUT2D eigenvalue weighted by atomic mass is 10.1. The number of ether oxygens (including phenoxy) is 3. The molecule has 1 fully saturated rings. The zero-order valence-corrected chi connectivity index (χ0v) is 13.6. The van der Waals surface area contributed by atoms with E-state index in [1.807, 2.05) is 0 Å². The van der Waals surface area contributed by atoms with Gasteiger partial charge in [0.05, 0.1) is 21.3 Å². The number of hydrogen-bond donors (Lipinski definition) is 1. The summed E-state index contributed by atoms with van der Waals surface area (Å²) in [5.41, 5.74) is 0.489. The number of nitrogens with zero attached hydrogens (tertiary/aromatic N) is 1. The lowest BCUT2D eigenvalue weighted by Crippen LogP contribution is -2.34. The average molecular weight is 308 g/mol. The Hall–Kier alpha value is -1.95. The fourth-order valence-electron chi connectivity index (χ4n) is 2.36. The van der Waals surface area contributed by atoms with Crippen LogP contribution in [-0.4, -0.2) is 58.3 Å². The summed E-state index contributed by atoms with van der Waals surface area (Å²) in [5.74, 6) is 1.28. The van der Waals surface area contributed by atoms with Gasteiger partial charge in [0.1, 0.15) is 0 Å². The Balaban J connectivity index is 2.01. The van der Waals surface area contributed by atoms with Gasteiger partial charge in [-0.25, -0.2) is 0 Å². The van der Waals surface area contributed by atoms with Gasteiger partial charge >= 0.3 is 0 Å². The maximum Gasteiger partial charge on any atom is 0.251 e. The van der Waals surface area contributed by atoms with E-state index in [9.17, 15) is 4.79 Å². The fraction of sp³-hybridized carbons (Fsp3) is 0.562. The van der Waals surface area contributed by atoms with Crippen LogP contribution in [0.1, 0.15) is 23.2 Å². The molecule has 0 aliphatic heterocycles. The molecule has 0 atom stereocenters. The highest BCUT2D eigenvalue weighted by Crippen LogP contribution is 2.38. The minimum atomic E-state index is -0.150. The first-order chi connectivity index (χ1) is 10.6. The van der Waals surface area contributed by atoms with Gasteiger partial charge in [0.2, 0.25) is 5.75 Å². The highest BCUT2D eigenvalue weighted by molar-refractivity contribution is 5.95. The Morgan fingerprint density at radius 2 is 1.77 bits per heavy atom. The molecule has 0 aromatic heterocycles. The summed E-state index contributed by atoms with van der Waals surface area (Å²) in [5, 5.41) is 2.92. The van der Waals surface area contributed by atoms with Crippen molar-refractivity contribution in [2.45, 2.75) is 18.9 Å². The van der Waals surface area contributed by atoms with Gasteiger partial charge in [-0.2, -0.15) is 0 Å². The van der Waals surface area contributed by atoms with Crippen molar-refractivity contribution in [1.82, 2.24) is 10.2 Å². The second-order valence-electron chi connectivity index (χ2n) is 5.38. The van der Waals surface area contributed by atoms with Gasteiger partial charge < -0.3 is 24.4 Å². The van der Waals surface area contributed by atoms with Gasteiger partial charge in [0.15, 0.2) is 11.5 Å². The number of likely N-dealkylation sites (N-methyl/N-ethyl adjacent to an activating group) is 1. The molecule has 1 aliphatic carbocycles. The highest BCUT2D eigenvalue weighted by Gasteiger charge is 2.25. The van der Waals surface area contributed by atoms with Crippen molar-refractivity contribution in [2.24, 2.45) is 0 Å². The van der Waals surface area contributed by atoms with Crippen molar-refractivity contribution >= 4 is 5.91 Å². The minimum absolute atomic E-state index is 0.150. The second-order valence-corrected chi connectivity index (χ2v) is 5.38. The maximum atomic E-state index is 12.3. The summed E-state index contributed by atoms with van der Waals surface area (Å²) in [6.07, 6.45) is 2.52. The predicted octanol–water partition coefficient (Wildman–Crippen LogP) is 1.54. The molecular formula is C16H24N2O4. The molecule has 6 nitrogen and oxygen atoms in total. The fourth-order valence-corrected chi connectivity index (χ4v) is 2.36. The van der Waals surface area contributed by atoms with Crippen LogP contribution in [0.2, 0.25) is 0 Å². The lowest BCUT2D eigenvalue weighted by Gasteiger charge is -2.16. The van der Waals surface area contributed by atoms with Crippen molar-refractivity contribution in [3.05, 3.63) is 17.7 Å². The number of nitrogens with one attached hydrogen (secondary N) is 1. The van der Waals surface area contributed by atoms with Crippen molar-refractivity contribution in [2.75, 3.05) is 41.5 Å². The number of benzene rings is 1. The highest BCUT2D eigenvalue weighted by atomic mass is 16.5. The van der Waals surface area contributed by atoms with Crippen LogP contribution in [0, 0.1) is 0 Å². The number of hydrogen-bond acceptors (Lipinski definition) is 5. The Bertz CT molecular complexity index is 504. The van der Waals surface area contributed by atoms with E-state index in [-0.39, 0.29) is 5.91 Å². The van der Waals surface area contributed by atoms with Crippen molar-refractivity contribution in [3.63, 3.8) is 0 Å². The van der Waals surface area contributed by atoms with Gasteiger partial charge in [-0.15, -0.1) is 0 Å². The Kier molecular flexibility index (Phi) is 5.49. The van der Waals surface area contributed by atoms with Crippen LogP contribution in [0.15, 0.2) is 12.1 Å². The van der Waals surface area contributed by atoms with Crippen LogP contribution >= 0.6 is 0 Å². The van der Waals surface area contributed by atoms with Crippen LogP contribution < -0.4 is 19.5 Å². The minimum Gasteiger partial charge on any atom is -0.493 e. The molecule has 1 amide bonds. The van der Waals surface area contributed by atoms with Gasteiger partial charge in [-0.3, -0.25) is 4.79 Å². The van der Waals surface area contributed by atoms with Crippen molar-refractivity contribution in [3.8, 4) is 17.2 Å². The molecule has 22 heavy (non-hydrogen) atoms. The van der Waals surface area contributed by atoms with E-state index >= 15 is 0 Å². The van der Waals surface area contributed by atoms with Gasteiger partial charge in [0, 0.05) is 24.7 Å². The Morgan fingerprint density at radius 1 is 1.18 bits per heavy atom. The van der Waals surface area contributed by atoms with E-state index in [1.54, 1.807) is 12.1 Å². The van der Waals surface area contributed by atoms with E-state index in [0.717, 1.165) is 6.54 Å². The average Bonchev–Trinajstić information content (AvgIpc) is 3.37. The van der Waals surface area contributed by atoms with Crippen LogP contribution in [0.4, 0.5) is 0 Å². The molecule has 2 rings (SSSR count). The standard InChI is InChI=1S/C16H24N2O4/c1-18(12-5-6-12)8-7-17-16(19)11-9-13(20-2)15(22-4)14(10-11)21-3/h9-10,12H,5-8H2,1-4H3,(H,17,19). The van der Waals surface area contributed by atoms with Crippen LogP contribution in [-0.2, 0) is 0 Å². The molecule has 1 aromatic carbocycles. The summed E-state index contributed by atoms with van der Waals surface area (Å²) < 4.78 is 15.8. The molecular weight excluding hydrogens is 284 g/mol. The normalized spacial score (nSPS) is 13.9. The van der Waals surface area contributed by atoms with Gasteiger partial charge in [-0.05, 0) is 32.0 Å². The predicted molar refractivity (Wildman–Crippen MR) is 84.1 cm³/mol. The second kappa shape index (κ2) is 7.35. The molecule has 1 saturated carbocycles. The Morgan fingerprint density at radius 3 is 2.23 bits per heavy atom. The van der Waals surface area contributed by atoms with E-state index in [2.05, 4.69) is 17.3 Å². The molecule has 0 heterocycles. The smallest absolute Gasteiger partial charge is 0.251 e. The summed E-state index contributed by atoms with van der Waals surface area (Å²) in [6.45, 7) is 1.46. The van der Waals surface area contributed by atoms with E-state index < -0.39 is 0 Å².